The van der Waals surface area contributed by atoms with Gasteiger partial charge in [0.05, 0.1) is 12.2 Å². The second-order valence-corrected chi connectivity index (χ2v) is 6.09. The van der Waals surface area contributed by atoms with Gasteiger partial charge in [0.1, 0.15) is 0 Å². The van der Waals surface area contributed by atoms with Crippen molar-refractivity contribution < 1.29 is 14.3 Å². The van der Waals surface area contributed by atoms with Gasteiger partial charge < -0.3 is 15.0 Å². The van der Waals surface area contributed by atoms with Crippen molar-refractivity contribution in [3.8, 4) is 0 Å². The number of hydrogen-bond acceptors (Lipinski definition) is 4. The number of nitrogens with one attached hydrogen (secondary N) is 1. The molecule has 0 spiro atoms. The highest BCUT2D eigenvalue weighted by atomic mass is 79.9. The largest absolute Gasteiger partial charge is 0.450 e. The van der Waals surface area contributed by atoms with Crippen LogP contribution in [0.25, 0.3) is 0 Å². The number of carbonyl (C=O) groups excluding carboxylic acids is 2. The van der Waals surface area contributed by atoms with Crippen molar-refractivity contribution in [1.82, 2.24) is 15.2 Å². The predicted molar refractivity (Wildman–Crippen MR) is 85.8 cm³/mol. The quantitative estimate of drug-likeness (QED) is 0.888. The van der Waals surface area contributed by atoms with Crippen LogP contribution in [0.4, 0.5) is 4.79 Å². The van der Waals surface area contributed by atoms with Crippen LogP contribution in [-0.2, 0) is 4.74 Å². The first-order valence-electron chi connectivity index (χ1n) is 7.36. The van der Waals surface area contributed by atoms with Crippen molar-refractivity contribution in [2.45, 2.75) is 32.7 Å². The number of rotatable bonds is 3. The molecule has 1 aromatic heterocycles. The predicted octanol–water partition coefficient (Wildman–Crippen LogP) is 2.50. The van der Waals surface area contributed by atoms with E-state index in [1.165, 1.54) is 0 Å². The highest BCUT2D eigenvalue weighted by Gasteiger charge is 2.25. The van der Waals surface area contributed by atoms with E-state index in [4.69, 9.17) is 4.74 Å². The second kappa shape index (κ2) is 7.58. The lowest BCUT2D eigenvalue weighted by molar-refractivity contribution is 0.0859. The van der Waals surface area contributed by atoms with Gasteiger partial charge in [-0.05, 0) is 48.7 Å². The van der Waals surface area contributed by atoms with Crippen LogP contribution in [0.3, 0.4) is 0 Å². The molecule has 2 amide bonds. The fourth-order valence-corrected chi connectivity index (χ4v) is 2.99. The van der Waals surface area contributed by atoms with Gasteiger partial charge in [-0.1, -0.05) is 0 Å². The SMILES string of the molecule is CCOC(=O)N1CCC(NC(=O)c2cnc(C)cc2Br)CC1. The molecule has 6 nitrogen and oxygen atoms in total. The van der Waals surface area contributed by atoms with E-state index in [-0.39, 0.29) is 18.0 Å². The average molecular weight is 370 g/mol. The second-order valence-electron chi connectivity index (χ2n) is 5.24. The molecule has 7 heteroatoms. The van der Waals surface area contributed by atoms with Gasteiger partial charge in [-0.25, -0.2) is 4.79 Å². The summed E-state index contributed by atoms with van der Waals surface area (Å²) in [5.74, 6) is -0.144. The number of aryl methyl sites for hydroxylation is 1. The van der Waals surface area contributed by atoms with Crippen LogP contribution in [0.5, 0.6) is 0 Å². The van der Waals surface area contributed by atoms with Crippen molar-refractivity contribution in [2.75, 3.05) is 19.7 Å². The van der Waals surface area contributed by atoms with Crippen molar-refractivity contribution in [2.24, 2.45) is 0 Å². The summed E-state index contributed by atoms with van der Waals surface area (Å²) in [7, 11) is 0. The molecule has 1 N–H and O–H groups in total. The van der Waals surface area contributed by atoms with E-state index in [2.05, 4.69) is 26.2 Å². The summed E-state index contributed by atoms with van der Waals surface area (Å²) < 4.78 is 5.72. The van der Waals surface area contributed by atoms with E-state index in [9.17, 15) is 9.59 Å². The van der Waals surface area contributed by atoms with E-state index in [0.29, 0.717) is 25.3 Å². The zero-order valence-corrected chi connectivity index (χ0v) is 14.4. The summed E-state index contributed by atoms with van der Waals surface area (Å²) in [6, 6.07) is 1.88. The van der Waals surface area contributed by atoms with E-state index in [1.54, 1.807) is 18.0 Å². The Morgan fingerprint density at radius 1 is 1.45 bits per heavy atom. The molecule has 1 aromatic rings. The highest BCUT2D eigenvalue weighted by molar-refractivity contribution is 9.10. The molecule has 1 aliphatic heterocycles. The Labute approximate surface area is 138 Å². The van der Waals surface area contributed by atoms with E-state index in [1.807, 2.05) is 13.0 Å². The van der Waals surface area contributed by atoms with Gasteiger partial charge in [0.25, 0.3) is 5.91 Å². The monoisotopic (exact) mass is 369 g/mol. The van der Waals surface area contributed by atoms with Crippen LogP contribution in [0.1, 0.15) is 35.8 Å². The Balaban J connectivity index is 1.88. The minimum atomic E-state index is -0.280. The number of aromatic nitrogens is 1. The maximum atomic E-state index is 12.3. The Kier molecular flexibility index (Phi) is 5.76. The third kappa shape index (κ3) is 4.19. The molecular weight excluding hydrogens is 350 g/mol. The van der Waals surface area contributed by atoms with Crippen molar-refractivity contribution >= 4 is 27.9 Å². The van der Waals surface area contributed by atoms with Crippen molar-refractivity contribution in [3.05, 3.63) is 28.0 Å². The van der Waals surface area contributed by atoms with E-state index >= 15 is 0 Å². The molecule has 1 aliphatic rings. The number of carbonyl (C=O) groups is 2. The molecule has 0 atom stereocenters. The molecule has 0 unspecified atom stereocenters. The lowest BCUT2D eigenvalue weighted by Crippen LogP contribution is -2.46. The number of amides is 2. The van der Waals surface area contributed by atoms with Crippen LogP contribution >= 0.6 is 15.9 Å². The zero-order valence-electron chi connectivity index (χ0n) is 12.8. The fourth-order valence-electron chi connectivity index (χ4n) is 2.38. The third-order valence-electron chi connectivity index (χ3n) is 3.59. The minimum Gasteiger partial charge on any atom is -0.450 e. The molecule has 0 radical (unpaired) electrons. The lowest BCUT2D eigenvalue weighted by Gasteiger charge is -2.31. The Bertz CT molecular complexity index is 557. The number of nitrogens with zero attached hydrogens (tertiary/aromatic N) is 2. The molecule has 2 heterocycles. The molecule has 22 heavy (non-hydrogen) atoms. The van der Waals surface area contributed by atoms with Gasteiger partial charge in [0.15, 0.2) is 0 Å². The standard InChI is InChI=1S/C15H20BrN3O3/c1-3-22-15(21)19-6-4-11(5-7-19)18-14(20)12-9-17-10(2)8-13(12)16/h8-9,11H,3-7H2,1-2H3,(H,18,20). The third-order valence-corrected chi connectivity index (χ3v) is 4.25. The van der Waals surface area contributed by atoms with Crippen LogP contribution in [0.2, 0.25) is 0 Å². The normalized spacial score (nSPS) is 15.5. The maximum absolute atomic E-state index is 12.3. The molecule has 0 aromatic carbocycles. The molecule has 0 bridgehead atoms. The first-order chi connectivity index (χ1) is 10.5. The molecule has 0 aliphatic carbocycles. The number of likely N-dealkylation sites (tertiary alicyclic amines) is 1. The first kappa shape index (κ1) is 16.7. The van der Waals surface area contributed by atoms with Gasteiger partial charge in [-0.15, -0.1) is 0 Å². The highest BCUT2D eigenvalue weighted by Crippen LogP contribution is 2.18. The molecule has 0 saturated carbocycles. The smallest absolute Gasteiger partial charge is 0.409 e. The van der Waals surface area contributed by atoms with Crippen molar-refractivity contribution in [3.63, 3.8) is 0 Å². The van der Waals surface area contributed by atoms with Gasteiger partial charge in [0, 0.05) is 35.5 Å². The molecular formula is C15H20BrN3O3. The molecule has 120 valence electrons. The summed E-state index contributed by atoms with van der Waals surface area (Å²) in [4.78, 5) is 29.7. The van der Waals surface area contributed by atoms with E-state index in [0.717, 1.165) is 23.0 Å². The van der Waals surface area contributed by atoms with E-state index < -0.39 is 0 Å². The summed E-state index contributed by atoms with van der Waals surface area (Å²) in [5.41, 5.74) is 1.38. The van der Waals surface area contributed by atoms with Gasteiger partial charge in [-0.3, -0.25) is 9.78 Å². The number of piperidine rings is 1. The summed E-state index contributed by atoms with van der Waals surface area (Å²) in [6.45, 7) is 5.23. The topological polar surface area (TPSA) is 71.5 Å². The molecule has 2 rings (SSSR count). The summed E-state index contributed by atoms with van der Waals surface area (Å²) >= 11 is 3.39. The summed E-state index contributed by atoms with van der Waals surface area (Å²) in [5, 5.41) is 3.00. The molecule has 1 saturated heterocycles. The Hall–Kier alpha value is -1.63. The van der Waals surface area contributed by atoms with Crippen molar-refractivity contribution in [1.29, 1.82) is 0 Å². The lowest BCUT2D eigenvalue weighted by atomic mass is 10.0. The van der Waals surface area contributed by atoms with Gasteiger partial charge in [-0.2, -0.15) is 0 Å². The van der Waals surface area contributed by atoms with Gasteiger partial charge >= 0.3 is 6.09 Å². The number of hydrogen-bond donors (Lipinski definition) is 1. The van der Waals surface area contributed by atoms with Crippen LogP contribution in [0.15, 0.2) is 16.7 Å². The minimum absolute atomic E-state index is 0.0615. The average Bonchev–Trinajstić information content (AvgIpc) is 2.48. The van der Waals surface area contributed by atoms with Crippen LogP contribution in [0, 0.1) is 6.92 Å². The maximum Gasteiger partial charge on any atom is 0.409 e. The van der Waals surface area contributed by atoms with Crippen LogP contribution < -0.4 is 5.32 Å². The fraction of sp³-hybridized carbons (Fsp3) is 0.533. The Morgan fingerprint density at radius 2 is 2.14 bits per heavy atom. The van der Waals surface area contributed by atoms with Crippen LogP contribution in [-0.4, -0.2) is 47.6 Å². The Morgan fingerprint density at radius 3 is 2.73 bits per heavy atom. The molecule has 1 fully saturated rings. The number of ether oxygens (including phenoxy) is 1. The zero-order chi connectivity index (χ0) is 16.1. The summed E-state index contributed by atoms with van der Waals surface area (Å²) in [6.07, 6.45) is 2.74. The first-order valence-corrected chi connectivity index (χ1v) is 8.15. The van der Waals surface area contributed by atoms with Gasteiger partial charge in [0.2, 0.25) is 0 Å². The number of pyridine rings is 1. The number of halogens is 1.